The van der Waals surface area contributed by atoms with Crippen LogP contribution in [-0.2, 0) is 9.47 Å². The van der Waals surface area contributed by atoms with Gasteiger partial charge in [0.05, 0.1) is 18.0 Å². The lowest BCUT2D eigenvalue weighted by Gasteiger charge is -2.28. The summed E-state index contributed by atoms with van der Waals surface area (Å²) in [5.74, 6) is 0.302. The van der Waals surface area contributed by atoms with E-state index in [1.165, 1.54) is 18.3 Å². The number of alkyl halides is 2. The predicted octanol–water partition coefficient (Wildman–Crippen LogP) is 4.58. The maximum Gasteiger partial charge on any atom is 0.387 e. The molecule has 4 aromatic rings. The summed E-state index contributed by atoms with van der Waals surface area (Å²) in [5, 5.41) is 10.6. The molecule has 192 valence electrons. The van der Waals surface area contributed by atoms with Crippen molar-refractivity contribution in [3.63, 3.8) is 0 Å². The minimum Gasteiger partial charge on any atom is -0.434 e. The van der Waals surface area contributed by atoms with E-state index in [1.54, 1.807) is 35.0 Å². The average Bonchev–Trinajstić information content (AvgIpc) is 3.28. The number of imidazole rings is 1. The van der Waals surface area contributed by atoms with E-state index < -0.39 is 24.6 Å². The number of aliphatic hydroxyl groups excluding tert-OH is 1. The van der Waals surface area contributed by atoms with E-state index in [1.807, 2.05) is 0 Å². The van der Waals surface area contributed by atoms with Crippen molar-refractivity contribution >= 4 is 5.65 Å². The molecule has 2 aliphatic heterocycles. The number of aliphatic hydroxyl groups is 1. The Balaban J connectivity index is 1.44. The minimum atomic E-state index is -3.03. The average molecular weight is 512 g/mol. The fourth-order valence-electron chi connectivity index (χ4n) is 4.95. The Labute approximate surface area is 209 Å². The molecule has 37 heavy (non-hydrogen) atoms. The van der Waals surface area contributed by atoms with Gasteiger partial charge in [0, 0.05) is 60.5 Å². The quantitative estimate of drug-likeness (QED) is 0.419. The van der Waals surface area contributed by atoms with Gasteiger partial charge in [0.15, 0.2) is 0 Å². The van der Waals surface area contributed by atoms with Gasteiger partial charge in [-0.25, -0.2) is 19.3 Å². The van der Waals surface area contributed by atoms with Gasteiger partial charge in [-0.15, -0.1) is 0 Å². The summed E-state index contributed by atoms with van der Waals surface area (Å²) >= 11 is 0. The molecule has 8 nitrogen and oxygen atoms in total. The Morgan fingerprint density at radius 3 is 2.62 bits per heavy atom. The Hall–Kier alpha value is -3.54. The highest BCUT2D eigenvalue weighted by Gasteiger charge is 2.35. The zero-order valence-corrected chi connectivity index (χ0v) is 19.6. The van der Waals surface area contributed by atoms with Gasteiger partial charge < -0.3 is 19.3 Å². The van der Waals surface area contributed by atoms with Crippen LogP contribution in [0.25, 0.3) is 16.8 Å². The van der Waals surface area contributed by atoms with Crippen LogP contribution in [0.1, 0.15) is 53.7 Å². The van der Waals surface area contributed by atoms with Gasteiger partial charge in [-0.05, 0) is 18.9 Å². The molecule has 0 unspecified atom stereocenters. The van der Waals surface area contributed by atoms with Crippen LogP contribution in [0, 0.1) is 5.82 Å². The van der Waals surface area contributed by atoms with E-state index in [9.17, 15) is 13.9 Å². The maximum absolute atomic E-state index is 15.2. The van der Waals surface area contributed by atoms with Crippen molar-refractivity contribution in [2.24, 2.45) is 0 Å². The number of ether oxygens (including phenoxy) is 3. The molecule has 1 aromatic carbocycles. The number of pyridine rings is 1. The maximum atomic E-state index is 15.2. The van der Waals surface area contributed by atoms with E-state index in [-0.39, 0.29) is 35.2 Å². The third-order valence-electron chi connectivity index (χ3n) is 6.75. The van der Waals surface area contributed by atoms with Crippen molar-refractivity contribution < 1.29 is 32.5 Å². The van der Waals surface area contributed by atoms with Gasteiger partial charge in [0.1, 0.15) is 35.2 Å². The zero-order valence-electron chi connectivity index (χ0n) is 19.6. The van der Waals surface area contributed by atoms with Crippen molar-refractivity contribution in [2.75, 3.05) is 19.8 Å². The number of fused-ring (bicyclic) bond motifs is 3. The molecule has 6 rings (SSSR count). The first-order valence-electron chi connectivity index (χ1n) is 11.9. The number of hydrogen-bond donors (Lipinski definition) is 1. The van der Waals surface area contributed by atoms with Crippen LogP contribution < -0.4 is 4.74 Å². The van der Waals surface area contributed by atoms with Gasteiger partial charge >= 0.3 is 6.61 Å². The van der Waals surface area contributed by atoms with Crippen LogP contribution in [0.4, 0.5) is 13.2 Å². The number of benzene rings is 1. The van der Waals surface area contributed by atoms with E-state index >= 15 is 4.39 Å². The van der Waals surface area contributed by atoms with Gasteiger partial charge in [0.25, 0.3) is 0 Å². The fraction of sp³-hybridized carbons (Fsp3) is 0.346. The van der Waals surface area contributed by atoms with E-state index in [0.717, 1.165) is 12.8 Å². The monoisotopic (exact) mass is 512 g/mol. The number of halogens is 3. The first-order chi connectivity index (χ1) is 18.0. The molecule has 2 aliphatic rings. The van der Waals surface area contributed by atoms with Crippen LogP contribution in [0.15, 0.2) is 48.9 Å². The number of rotatable bonds is 5. The smallest absolute Gasteiger partial charge is 0.387 e. The highest BCUT2D eigenvalue weighted by atomic mass is 19.3. The molecule has 1 N–H and O–H groups in total. The Bertz CT molecular complexity index is 1420. The third kappa shape index (κ3) is 4.43. The summed E-state index contributed by atoms with van der Waals surface area (Å²) < 4.78 is 59.0. The Kier molecular flexibility index (Phi) is 6.27. The molecule has 2 atom stereocenters. The Morgan fingerprint density at radius 2 is 1.86 bits per heavy atom. The molecule has 0 saturated carbocycles. The first-order valence-corrected chi connectivity index (χ1v) is 11.9. The van der Waals surface area contributed by atoms with Crippen LogP contribution in [0.5, 0.6) is 5.75 Å². The van der Waals surface area contributed by atoms with Gasteiger partial charge in [0.2, 0.25) is 0 Å². The first kappa shape index (κ1) is 23.8. The lowest BCUT2D eigenvalue weighted by molar-refractivity contribution is -0.0548. The standard InChI is InChI=1S/C26H23F3N4O4/c27-18-9-21-32-22-19(34)13-36-24(16-3-1-2-4-20(16)37-26(28)29)23(22)33(21)12-17(18)15-10-30-25(31-11-15)14-5-7-35-8-6-14/h1-4,9-12,14,19,24,26,34H,5-8,13H2/t19-,24-/m1/s1. The largest absolute Gasteiger partial charge is 0.434 e. The van der Waals surface area contributed by atoms with Crippen LogP contribution in [-0.4, -0.2) is 50.9 Å². The third-order valence-corrected chi connectivity index (χ3v) is 6.75. The van der Waals surface area contributed by atoms with Crippen molar-refractivity contribution in [1.82, 2.24) is 19.4 Å². The summed E-state index contributed by atoms with van der Waals surface area (Å²) in [6.45, 7) is -1.82. The Morgan fingerprint density at radius 1 is 1.11 bits per heavy atom. The van der Waals surface area contributed by atoms with E-state index in [2.05, 4.69) is 15.0 Å². The summed E-state index contributed by atoms with van der Waals surface area (Å²) in [5.41, 5.74) is 1.96. The lowest BCUT2D eigenvalue weighted by Crippen LogP contribution is -2.23. The highest BCUT2D eigenvalue weighted by molar-refractivity contribution is 5.65. The molecule has 0 spiro atoms. The van der Waals surface area contributed by atoms with Gasteiger partial charge in [-0.3, -0.25) is 4.40 Å². The molecule has 0 bridgehead atoms. The second-order valence-electron chi connectivity index (χ2n) is 9.01. The number of para-hydroxylation sites is 1. The minimum absolute atomic E-state index is 0.0563. The molecular weight excluding hydrogens is 489 g/mol. The normalized spacial score (nSPS) is 20.4. The van der Waals surface area contributed by atoms with Crippen molar-refractivity contribution in [3.8, 4) is 16.9 Å². The number of nitrogens with zero attached hydrogens (tertiary/aromatic N) is 4. The molecule has 5 heterocycles. The van der Waals surface area contributed by atoms with E-state index in [4.69, 9.17) is 14.2 Å². The summed E-state index contributed by atoms with van der Waals surface area (Å²) in [7, 11) is 0. The summed E-state index contributed by atoms with van der Waals surface area (Å²) in [4.78, 5) is 13.4. The molecule has 0 amide bonds. The van der Waals surface area contributed by atoms with Crippen molar-refractivity contribution in [2.45, 2.75) is 37.6 Å². The summed E-state index contributed by atoms with van der Waals surface area (Å²) in [6, 6.07) is 7.53. The molecule has 0 radical (unpaired) electrons. The van der Waals surface area contributed by atoms with Crippen LogP contribution in [0.3, 0.4) is 0 Å². The fourth-order valence-corrected chi connectivity index (χ4v) is 4.95. The molecule has 3 aromatic heterocycles. The van der Waals surface area contributed by atoms with Crippen molar-refractivity contribution in [1.29, 1.82) is 0 Å². The molecule has 0 aliphatic carbocycles. The molecule has 1 saturated heterocycles. The molecule has 1 fully saturated rings. The van der Waals surface area contributed by atoms with Crippen molar-refractivity contribution in [3.05, 3.63) is 77.5 Å². The highest BCUT2D eigenvalue weighted by Crippen LogP contribution is 2.41. The number of aromatic nitrogens is 4. The van der Waals surface area contributed by atoms with Crippen LogP contribution in [0.2, 0.25) is 0 Å². The van der Waals surface area contributed by atoms with Gasteiger partial charge in [-0.1, -0.05) is 18.2 Å². The number of hydrogen-bond acceptors (Lipinski definition) is 7. The van der Waals surface area contributed by atoms with Gasteiger partial charge in [-0.2, -0.15) is 8.78 Å². The lowest BCUT2D eigenvalue weighted by atomic mass is 9.99. The van der Waals surface area contributed by atoms with Crippen LogP contribution >= 0.6 is 0 Å². The van der Waals surface area contributed by atoms with E-state index in [0.29, 0.717) is 35.9 Å². The second-order valence-corrected chi connectivity index (χ2v) is 9.01. The molecule has 11 heteroatoms. The summed E-state index contributed by atoms with van der Waals surface area (Å²) in [6.07, 6.45) is 4.42. The molecular formula is C26H23F3N4O4. The zero-order chi connectivity index (χ0) is 25.5. The predicted molar refractivity (Wildman–Crippen MR) is 125 cm³/mol. The topological polar surface area (TPSA) is 91.0 Å². The SMILES string of the molecule is O[C@@H]1CO[C@H](c2ccccc2OC(F)F)c2c1nc1cc(F)c(-c3cnc(C4CCOCC4)nc3)cn21. The second kappa shape index (κ2) is 9.73.